The SMILES string of the molecule is CCC(C#N)CN(C)CCc1ccc2c(c1)OCO2. The van der Waals surface area contributed by atoms with Crippen LogP contribution in [0, 0.1) is 17.2 Å². The summed E-state index contributed by atoms with van der Waals surface area (Å²) >= 11 is 0. The molecule has 0 radical (unpaired) electrons. The zero-order valence-corrected chi connectivity index (χ0v) is 11.6. The Labute approximate surface area is 114 Å². The molecule has 0 N–H and O–H groups in total. The lowest BCUT2D eigenvalue weighted by molar-refractivity contribution is 0.174. The fourth-order valence-electron chi connectivity index (χ4n) is 2.15. The first-order valence-corrected chi connectivity index (χ1v) is 6.69. The van der Waals surface area contributed by atoms with Crippen molar-refractivity contribution in [3.63, 3.8) is 0 Å². The largest absolute Gasteiger partial charge is 0.454 e. The summed E-state index contributed by atoms with van der Waals surface area (Å²) in [6, 6.07) is 8.41. The van der Waals surface area contributed by atoms with E-state index >= 15 is 0 Å². The molecule has 1 aliphatic rings. The number of ether oxygens (including phenoxy) is 2. The molecule has 1 atom stereocenters. The van der Waals surface area contributed by atoms with Gasteiger partial charge in [-0.1, -0.05) is 13.0 Å². The second-order valence-corrected chi connectivity index (χ2v) is 4.93. The molecule has 1 unspecified atom stereocenters. The van der Waals surface area contributed by atoms with Crippen LogP contribution >= 0.6 is 0 Å². The van der Waals surface area contributed by atoms with E-state index in [-0.39, 0.29) is 5.92 Å². The quantitative estimate of drug-likeness (QED) is 0.788. The van der Waals surface area contributed by atoms with Crippen LogP contribution < -0.4 is 9.47 Å². The van der Waals surface area contributed by atoms with Gasteiger partial charge < -0.3 is 14.4 Å². The van der Waals surface area contributed by atoms with E-state index in [1.165, 1.54) is 5.56 Å². The van der Waals surface area contributed by atoms with Crippen LogP contribution in [0.5, 0.6) is 11.5 Å². The average Bonchev–Trinajstić information content (AvgIpc) is 2.89. The number of nitriles is 1. The molecule has 4 nitrogen and oxygen atoms in total. The second-order valence-electron chi connectivity index (χ2n) is 4.93. The van der Waals surface area contributed by atoms with E-state index in [0.29, 0.717) is 6.79 Å². The first-order valence-electron chi connectivity index (χ1n) is 6.69. The Bertz CT molecular complexity index is 468. The number of nitrogens with zero attached hydrogens (tertiary/aromatic N) is 2. The highest BCUT2D eigenvalue weighted by Crippen LogP contribution is 2.32. The maximum Gasteiger partial charge on any atom is 0.231 e. The van der Waals surface area contributed by atoms with Crippen molar-refractivity contribution in [2.45, 2.75) is 19.8 Å². The Morgan fingerprint density at radius 2 is 2.16 bits per heavy atom. The summed E-state index contributed by atoms with van der Waals surface area (Å²) in [5.41, 5.74) is 1.24. The highest BCUT2D eigenvalue weighted by Gasteiger charge is 2.13. The van der Waals surface area contributed by atoms with Crippen molar-refractivity contribution in [1.82, 2.24) is 4.90 Å². The van der Waals surface area contributed by atoms with Crippen molar-refractivity contribution >= 4 is 0 Å². The van der Waals surface area contributed by atoms with Crippen molar-refractivity contribution in [3.8, 4) is 17.6 Å². The Morgan fingerprint density at radius 1 is 1.37 bits per heavy atom. The molecular formula is C15H20N2O2. The molecule has 0 saturated heterocycles. The van der Waals surface area contributed by atoms with Crippen LogP contribution in [-0.2, 0) is 6.42 Å². The zero-order valence-electron chi connectivity index (χ0n) is 11.6. The first-order chi connectivity index (χ1) is 9.22. The van der Waals surface area contributed by atoms with Gasteiger partial charge in [-0.05, 0) is 37.6 Å². The summed E-state index contributed by atoms with van der Waals surface area (Å²) in [5.74, 6) is 1.79. The van der Waals surface area contributed by atoms with Crippen molar-refractivity contribution in [1.29, 1.82) is 5.26 Å². The van der Waals surface area contributed by atoms with E-state index in [1.807, 2.05) is 12.1 Å². The number of hydrogen-bond donors (Lipinski definition) is 0. The minimum absolute atomic E-state index is 0.127. The molecule has 2 rings (SSSR count). The maximum atomic E-state index is 8.96. The minimum atomic E-state index is 0.127. The van der Waals surface area contributed by atoms with Gasteiger partial charge >= 0.3 is 0 Å². The fourth-order valence-corrected chi connectivity index (χ4v) is 2.15. The van der Waals surface area contributed by atoms with Gasteiger partial charge in [0, 0.05) is 13.1 Å². The van der Waals surface area contributed by atoms with Gasteiger partial charge in [-0.15, -0.1) is 0 Å². The van der Waals surface area contributed by atoms with Gasteiger partial charge in [-0.3, -0.25) is 0 Å². The predicted octanol–water partition coefficient (Wildman–Crippen LogP) is 2.44. The Hall–Kier alpha value is -1.73. The van der Waals surface area contributed by atoms with Crippen molar-refractivity contribution in [3.05, 3.63) is 23.8 Å². The molecule has 0 fully saturated rings. The van der Waals surface area contributed by atoms with E-state index in [0.717, 1.165) is 37.4 Å². The van der Waals surface area contributed by atoms with E-state index in [1.54, 1.807) is 0 Å². The van der Waals surface area contributed by atoms with Crippen LogP contribution in [0.15, 0.2) is 18.2 Å². The van der Waals surface area contributed by atoms with Crippen LogP contribution in [0.1, 0.15) is 18.9 Å². The third-order valence-corrected chi connectivity index (χ3v) is 3.43. The average molecular weight is 260 g/mol. The molecule has 0 spiro atoms. The number of rotatable bonds is 6. The zero-order chi connectivity index (χ0) is 13.7. The molecule has 1 aromatic rings. The summed E-state index contributed by atoms with van der Waals surface area (Å²) < 4.78 is 10.7. The molecule has 4 heteroatoms. The monoisotopic (exact) mass is 260 g/mol. The fraction of sp³-hybridized carbons (Fsp3) is 0.533. The maximum absolute atomic E-state index is 8.96. The molecule has 0 aromatic heterocycles. The second kappa shape index (κ2) is 6.44. The van der Waals surface area contributed by atoms with Gasteiger partial charge in [0.1, 0.15) is 0 Å². The van der Waals surface area contributed by atoms with E-state index in [2.05, 4.69) is 31.0 Å². The predicted molar refractivity (Wildman–Crippen MR) is 73.2 cm³/mol. The van der Waals surface area contributed by atoms with Crippen molar-refractivity contribution in [2.75, 3.05) is 26.9 Å². The van der Waals surface area contributed by atoms with E-state index in [9.17, 15) is 0 Å². The molecule has 0 bridgehead atoms. The summed E-state index contributed by atoms with van der Waals surface area (Å²) in [7, 11) is 2.06. The summed E-state index contributed by atoms with van der Waals surface area (Å²) in [6.07, 6.45) is 1.86. The summed E-state index contributed by atoms with van der Waals surface area (Å²) in [6.45, 7) is 4.15. The topological polar surface area (TPSA) is 45.5 Å². The Morgan fingerprint density at radius 3 is 2.89 bits per heavy atom. The van der Waals surface area contributed by atoms with E-state index in [4.69, 9.17) is 14.7 Å². The highest BCUT2D eigenvalue weighted by atomic mass is 16.7. The Balaban J connectivity index is 1.84. The molecule has 19 heavy (non-hydrogen) atoms. The van der Waals surface area contributed by atoms with Gasteiger partial charge in [-0.2, -0.15) is 5.26 Å². The van der Waals surface area contributed by atoms with Crippen LogP contribution in [0.4, 0.5) is 0 Å². The van der Waals surface area contributed by atoms with Gasteiger partial charge in [0.15, 0.2) is 11.5 Å². The lowest BCUT2D eigenvalue weighted by Crippen LogP contribution is -2.27. The normalized spacial score (nSPS) is 14.4. The molecule has 1 aliphatic heterocycles. The van der Waals surface area contributed by atoms with Crippen LogP contribution in [-0.4, -0.2) is 31.8 Å². The lowest BCUT2D eigenvalue weighted by Gasteiger charge is -2.18. The number of hydrogen-bond acceptors (Lipinski definition) is 4. The minimum Gasteiger partial charge on any atom is -0.454 e. The molecule has 0 aliphatic carbocycles. The smallest absolute Gasteiger partial charge is 0.231 e. The number of benzene rings is 1. The molecule has 1 heterocycles. The lowest BCUT2D eigenvalue weighted by atomic mass is 10.1. The first kappa shape index (κ1) is 13.7. The number of fused-ring (bicyclic) bond motifs is 1. The standard InChI is InChI=1S/C15H20N2O2/c1-3-12(9-16)10-17(2)7-6-13-4-5-14-15(8-13)19-11-18-14/h4-5,8,12H,3,6-7,10-11H2,1-2H3. The van der Waals surface area contributed by atoms with Crippen molar-refractivity contribution in [2.24, 2.45) is 5.92 Å². The third-order valence-electron chi connectivity index (χ3n) is 3.43. The molecule has 102 valence electrons. The molecular weight excluding hydrogens is 240 g/mol. The van der Waals surface area contributed by atoms with Gasteiger partial charge in [0.25, 0.3) is 0 Å². The number of likely N-dealkylation sites (N-methyl/N-ethyl adjacent to an activating group) is 1. The van der Waals surface area contributed by atoms with Gasteiger partial charge in [-0.25, -0.2) is 0 Å². The van der Waals surface area contributed by atoms with Gasteiger partial charge in [0.05, 0.1) is 12.0 Å². The molecule has 1 aromatic carbocycles. The summed E-state index contributed by atoms with van der Waals surface area (Å²) in [5, 5.41) is 8.96. The van der Waals surface area contributed by atoms with Crippen LogP contribution in [0.3, 0.4) is 0 Å². The highest BCUT2D eigenvalue weighted by molar-refractivity contribution is 5.44. The molecule has 0 amide bonds. The van der Waals surface area contributed by atoms with Crippen molar-refractivity contribution < 1.29 is 9.47 Å². The van der Waals surface area contributed by atoms with Crippen LogP contribution in [0.2, 0.25) is 0 Å². The Kier molecular flexibility index (Phi) is 4.64. The van der Waals surface area contributed by atoms with E-state index < -0.39 is 0 Å². The van der Waals surface area contributed by atoms with Gasteiger partial charge in [0.2, 0.25) is 6.79 Å². The summed E-state index contributed by atoms with van der Waals surface area (Å²) in [4.78, 5) is 2.21. The van der Waals surface area contributed by atoms with Crippen LogP contribution in [0.25, 0.3) is 0 Å². The molecule has 0 saturated carbocycles. The third kappa shape index (κ3) is 3.62.